The van der Waals surface area contributed by atoms with Gasteiger partial charge in [0.2, 0.25) is 0 Å². The molecule has 3 aromatic carbocycles. The average Bonchev–Trinajstić information content (AvgIpc) is 2.74. The number of hydrogen-bond acceptors (Lipinski definition) is 2. The second-order valence-corrected chi connectivity index (χ2v) is 6.39. The van der Waals surface area contributed by atoms with E-state index in [1.807, 2.05) is 0 Å². The van der Waals surface area contributed by atoms with E-state index in [1.165, 1.54) is 36.4 Å². The molecule has 4 aromatic rings. The predicted molar refractivity (Wildman–Crippen MR) is 106 cm³/mol. The Morgan fingerprint density at radius 1 is 0.621 bits per heavy atom. The van der Waals surface area contributed by atoms with Gasteiger partial charge in [-0.3, -0.25) is 10.1 Å². The van der Waals surface area contributed by atoms with Gasteiger partial charge < -0.3 is 0 Å². The van der Waals surface area contributed by atoms with Gasteiger partial charge in [0.25, 0.3) is 5.69 Å². The van der Waals surface area contributed by atoms with Crippen LogP contribution in [0.15, 0.2) is 89.3 Å². The number of non-ortho nitro benzene ring substituents is 1. The van der Waals surface area contributed by atoms with E-state index in [0.717, 1.165) is 11.1 Å². The smallest absolute Gasteiger partial charge is 0.258 e. The average molecular weight is 390 g/mol. The maximum absolute atomic E-state index is 13.3. The lowest BCUT2D eigenvalue weighted by Gasteiger charge is -2.02. The first-order chi connectivity index (χ1) is 14.0. The molecule has 0 aliphatic heterocycles. The van der Waals surface area contributed by atoms with E-state index in [9.17, 15) is 18.9 Å². The van der Waals surface area contributed by atoms with Gasteiger partial charge in [-0.2, -0.15) is 0 Å². The van der Waals surface area contributed by atoms with Crippen LogP contribution in [0, 0.1) is 21.7 Å². The summed E-state index contributed by atoms with van der Waals surface area (Å²) in [5.74, 6) is 0.249. The van der Waals surface area contributed by atoms with Crippen LogP contribution < -0.4 is 0 Å². The maximum Gasteiger partial charge on any atom is 0.361 e. The minimum absolute atomic E-state index is 0.00751. The van der Waals surface area contributed by atoms with E-state index in [2.05, 4.69) is 0 Å². The molecule has 0 fully saturated rings. The number of hydrogen-bond donors (Lipinski definition) is 0. The monoisotopic (exact) mass is 390 g/mol. The molecule has 0 radical (unpaired) electrons. The summed E-state index contributed by atoms with van der Waals surface area (Å²) in [6.45, 7) is 0. The number of nitro benzene ring substituents is 1. The summed E-state index contributed by atoms with van der Waals surface area (Å²) in [7, 11) is 0. The molecule has 0 unspecified atom stereocenters. The van der Waals surface area contributed by atoms with Crippen molar-refractivity contribution >= 4 is 5.69 Å². The first-order valence-electron chi connectivity index (χ1n) is 8.74. The number of nitrogens with zero attached hydrogens (tertiary/aromatic N) is 1. The molecule has 4 rings (SSSR count). The normalized spacial score (nSPS) is 10.7. The highest BCUT2D eigenvalue weighted by Crippen LogP contribution is 2.33. The molecular formula is C23H14F2NO3+. The van der Waals surface area contributed by atoms with Crippen molar-refractivity contribution in [3.8, 4) is 33.8 Å². The minimum Gasteiger partial charge on any atom is -0.258 e. The van der Waals surface area contributed by atoms with Crippen molar-refractivity contribution in [1.29, 1.82) is 0 Å². The fourth-order valence-corrected chi connectivity index (χ4v) is 2.96. The lowest BCUT2D eigenvalue weighted by molar-refractivity contribution is -0.384. The topological polar surface area (TPSA) is 54.4 Å². The van der Waals surface area contributed by atoms with Crippen molar-refractivity contribution < 1.29 is 18.1 Å². The molecule has 0 atom stereocenters. The fraction of sp³-hybridized carbons (Fsp3) is 0. The fourth-order valence-electron chi connectivity index (χ4n) is 2.96. The summed E-state index contributed by atoms with van der Waals surface area (Å²) in [6, 6.07) is 21.4. The predicted octanol–water partition coefficient (Wildman–Crippen LogP) is 6.75. The molecule has 6 heteroatoms. The molecule has 1 aromatic heterocycles. The van der Waals surface area contributed by atoms with E-state index in [-0.39, 0.29) is 17.3 Å². The molecule has 0 bridgehead atoms. The number of halogens is 2. The highest BCUT2D eigenvalue weighted by atomic mass is 19.1. The lowest BCUT2D eigenvalue weighted by atomic mass is 10.0. The van der Waals surface area contributed by atoms with E-state index < -0.39 is 4.92 Å². The summed E-state index contributed by atoms with van der Waals surface area (Å²) in [5, 5.41) is 10.9. The summed E-state index contributed by atoms with van der Waals surface area (Å²) >= 11 is 0. The highest BCUT2D eigenvalue weighted by Gasteiger charge is 2.21. The molecule has 142 valence electrons. The van der Waals surface area contributed by atoms with E-state index in [0.29, 0.717) is 22.6 Å². The van der Waals surface area contributed by atoms with Gasteiger partial charge in [0.05, 0.1) is 28.2 Å². The summed E-state index contributed by atoms with van der Waals surface area (Å²) < 4.78 is 32.6. The molecule has 0 aliphatic rings. The maximum atomic E-state index is 13.3. The third kappa shape index (κ3) is 4.01. The zero-order chi connectivity index (χ0) is 20.4. The Balaban J connectivity index is 1.86. The van der Waals surface area contributed by atoms with Crippen molar-refractivity contribution in [2.45, 2.75) is 0 Å². The molecule has 0 amide bonds. The Kier molecular flexibility index (Phi) is 4.83. The Hall–Kier alpha value is -3.93. The van der Waals surface area contributed by atoms with Gasteiger partial charge in [-0.25, -0.2) is 13.2 Å². The standard InChI is InChI=1S/C23H14F2NO3/c24-19-7-1-16(2-8-19)22-13-18(15-5-11-21(12-6-15)26(27)28)14-23(29-22)17-3-9-20(25)10-4-17/h1-14H/q+1. The second-order valence-electron chi connectivity index (χ2n) is 6.39. The van der Waals surface area contributed by atoms with E-state index in [4.69, 9.17) is 4.42 Å². The molecule has 0 saturated carbocycles. The van der Waals surface area contributed by atoms with Crippen molar-refractivity contribution in [2.24, 2.45) is 0 Å². The zero-order valence-electron chi connectivity index (χ0n) is 15.0. The van der Waals surface area contributed by atoms with Crippen molar-refractivity contribution in [3.63, 3.8) is 0 Å². The molecule has 0 spiro atoms. The third-order valence-electron chi connectivity index (χ3n) is 4.46. The Morgan fingerprint density at radius 2 is 1.03 bits per heavy atom. The summed E-state index contributed by atoms with van der Waals surface area (Å²) in [5.41, 5.74) is 2.83. The number of nitro groups is 1. The van der Waals surface area contributed by atoms with Crippen molar-refractivity contribution in [1.82, 2.24) is 0 Å². The number of rotatable bonds is 4. The van der Waals surface area contributed by atoms with Crippen LogP contribution in [0.25, 0.3) is 33.8 Å². The van der Waals surface area contributed by atoms with Crippen LogP contribution in [-0.2, 0) is 0 Å². The van der Waals surface area contributed by atoms with Gasteiger partial charge in [0.15, 0.2) is 0 Å². The van der Waals surface area contributed by atoms with E-state index >= 15 is 0 Å². The third-order valence-corrected chi connectivity index (χ3v) is 4.46. The second kappa shape index (κ2) is 7.59. The zero-order valence-corrected chi connectivity index (χ0v) is 15.0. The molecule has 29 heavy (non-hydrogen) atoms. The van der Waals surface area contributed by atoms with Crippen LogP contribution in [0.5, 0.6) is 0 Å². The van der Waals surface area contributed by atoms with Crippen LogP contribution in [0.3, 0.4) is 0 Å². The highest BCUT2D eigenvalue weighted by molar-refractivity contribution is 5.75. The Bertz CT molecular complexity index is 1110. The van der Waals surface area contributed by atoms with E-state index in [1.54, 1.807) is 48.5 Å². The van der Waals surface area contributed by atoms with Crippen LogP contribution in [0.4, 0.5) is 14.5 Å². The van der Waals surface area contributed by atoms with Crippen LogP contribution in [0.2, 0.25) is 0 Å². The quantitative estimate of drug-likeness (QED) is 0.220. The molecule has 0 saturated heterocycles. The summed E-state index contributed by atoms with van der Waals surface area (Å²) in [6.07, 6.45) is 0. The van der Waals surface area contributed by atoms with Crippen molar-refractivity contribution in [2.75, 3.05) is 0 Å². The molecule has 4 nitrogen and oxygen atoms in total. The Morgan fingerprint density at radius 3 is 1.45 bits per heavy atom. The molecular weight excluding hydrogens is 376 g/mol. The van der Waals surface area contributed by atoms with Gasteiger partial charge in [-0.15, -0.1) is 0 Å². The minimum atomic E-state index is -0.460. The van der Waals surface area contributed by atoms with Crippen LogP contribution in [-0.4, -0.2) is 4.92 Å². The summed E-state index contributed by atoms with van der Waals surface area (Å²) in [4.78, 5) is 10.5. The van der Waals surface area contributed by atoms with Gasteiger partial charge in [0, 0.05) is 17.7 Å². The molecule has 0 aliphatic carbocycles. The molecule has 1 heterocycles. The Labute approximate surface area is 164 Å². The first kappa shape index (κ1) is 18.4. The SMILES string of the molecule is O=[N+]([O-])c1ccc(-c2cc(-c3ccc(F)cc3)[o+]c(-c3ccc(F)cc3)c2)cc1. The largest absolute Gasteiger partial charge is 0.361 e. The van der Waals surface area contributed by atoms with Gasteiger partial charge >= 0.3 is 11.5 Å². The van der Waals surface area contributed by atoms with Crippen LogP contribution in [0.1, 0.15) is 0 Å². The van der Waals surface area contributed by atoms with Gasteiger partial charge in [-0.05, 0) is 66.2 Å². The number of benzene rings is 3. The first-order valence-corrected chi connectivity index (χ1v) is 8.74. The van der Waals surface area contributed by atoms with Gasteiger partial charge in [0.1, 0.15) is 11.6 Å². The van der Waals surface area contributed by atoms with Gasteiger partial charge in [-0.1, -0.05) is 0 Å². The molecule has 0 N–H and O–H groups in total. The van der Waals surface area contributed by atoms with Crippen LogP contribution >= 0.6 is 0 Å². The van der Waals surface area contributed by atoms with Crippen molar-refractivity contribution in [3.05, 3.63) is 107 Å². The lowest BCUT2D eigenvalue weighted by Crippen LogP contribution is -1.89.